The first-order valence-corrected chi connectivity index (χ1v) is 8.92. The first-order valence-electron chi connectivity index (χ1n) is 8.55. The van der Waals surface area contributed by atoms with E-state index in [0.29, 0.717) is 23.7 Å². The third-order valence-electron chi connectivity index (χ3n) is 4.33. The zero-order chi connectivity index (χ0) is 19.3. The number of esters is 1. The van der Waals surface area contributed by atoms with E-state index in [2.05, 4.69) is 10.6 Å². The minimum absolute atomic E-state index is 0.141. The van der Waals surface area contributed by atoms with Crippen molar-refractivity contribution in [1.29, 1.82) is 0 Å². The van der Waals surface area contributed by atoms with Crippen LogP contribution in [0.5, 0.6) is 0 Å². The van der Waals surface area contributed by atoms with E-state index in [-0.39, 0.29) is 11.8 Å². The van der Waals surface area contributed by atoms with Gasteiger partial charge < -0.3 is 20.3 Å². The van der Waals surface area contributed by atoms with Gasteiger partial charge in [-0.2, -0.15) is 0 Å². The summed E-state index contributed by atoms with van der Waals surface area (Å²) in [5.74, 6) is -0.847. The fraction of sp³-hybridized carbons (Fsp3) is 0.500. The Hall–Kier alpha value is -2.28. The third kappa shape index (κ3) is 4.88. The highest BCUT2D eigenvalue weighted by molar-refractivity contribution is 6.30. The number of urea groups is 1. The number of methoxy groups -OCH3 is 1. The summed E-state index contributed by atoms with van der Waals surface area (Å²) in [6, 6.07) is 4.83. The number of halogens is 1. The topological polar surface area (TPSA) is 87.7 Å². The van der Waals surface area contributed by atoms with Gasteiger partial charge in [-0.25, -0.2) is 9.59 Å². The van der Waals surface area contributed by atoms with Crippen LogP contribution in [0.25, 0.3) is 0 Å². The van der Waals surface area contributed by atoms with Crippen molar-refractivity contribution < 1.29 is 19.1 Å². The fourth-order valence-corrected chi connectivity index (χ4v) is 3.07. The maximum Gasteiger partial charge on any atom is 0.328 e. The molecule has 0 aromatic heterocycles. The van der Waals surface area contributed by atoms with Gasteiger partial charge in [-0.15, -0.1) is 0 Å². The molecule has 3 amide bonds. The Morgan fingerprint density at radius 3 is 2.46 bits per heavy atom. The van der Waals surface area contributed by atoms with Gasteiger partial charge in [-0.05, 0) is 43.0 Å². The van der Waals surface area contributed by atoms with Gasteiger partial charge in [0.05, 0.1) is 7.11 Å². The molecule has 1 heterocycles. The Kier molecular flexibility index (Phi) is 6.85. The first-order chi connectivity index (χ1) is 12.3. The van der Waals surface area contributed by atoms with Gasteiger partial charge in [0.25, 0.3) is 0 Å². The molecule has 2 atom stereocenters. The average molecular weight is 382 g/mol. The number of benzene rings is 1. The lowest BCUT2D eigenvalue weighted by Crippen LogP contribution is -2.54. The second-order valence-corrected chi connectivity index (χ2v) is 6.98. The van der Waals surface area contributed by atoms with E-state index in [1.54, 1.807) is 24.3 Å². The van der Waals surface area contributed by atoms with Crippen LogP contribution in [-0.4, -0.2) is 48.5 Å². The number of rotatable bonds is 5. The molecule has 7 nitrogen and oxygen atoms in total. The number of hydrogen-bond donors (Lipinski definition) is 2. The second-order valence-electron chi connectivity index (χ2n) is 6.54. The van der Waals surface area contributed by atoms with E-state index in [4.69, 9.17) is 16.3 Å². The zero-order valence-electron chi connectivity index (χ0n) is 15.1. The van der Waals surface area contributed by atoms with Crippen LogP contribution in [0.15, 0.2) is 24.3 Å². The van der Waals surface area contributed by atoms with Crippen molar-refractivity contribution in [2.45, 2.75) is 38.8 Å². The van der Waals surface area contributed by atoms with Crippen molar-refractivity contribution in [1.82, 2.24) is 10.2 Å². The number of hydrogen-bond acceptors (Lipinski definition) is 4. The summed E-state index contributed by atoms with van der Waals surface area (Å²) >= 11 is 5.82. The summed E-state index contributed by atoms with van der Waals surface area (Å²) in [5, 5.41) is 5.95. The van der Waals surface area contributed by atoms with Gasteiger partial charge in [0.1, 0.15) is 12.1 Å². The monoisotopic (exact) mass is 381 g/mol. The number of anilines is 1. The van der Waals surface area contributed by atoms with E-state index < -0.39 is 24.1 Å². The van der Waals surface area contributed by atoms with Crippen molar-refractivity contribution in [2.24, 2.45) is 5.92 Å². The standard InChI is InChI=1S/C18H24ClN3O4/c1-11(2)15(16(23)22-10-4-5-14(22)17(24)26-3)21-18(25)20-13-8-6-12(19)7-9-13/h6-9,11,14-15H,4-5,10H2,1-3H3,(H2,20,21,25)/t14-,15?/m0/s1. The van der Waals surface area contributed by atoms with Crippen molar-refractivity contribution in [3.05, 3.63) is 29.3 Å². The number of nitrogens with zero attached hydrogens (tertiary/aromatic N) is 1. The number of likely N-dealkylation sites (tertiary alicyclic amines) is 1. The number of carbonyl (C=O) groups is 3. The fourth-order valence-electron chi connectivity index (χ4n) is 2.95. The highest BCUT2D eigenvalue weighted by Gasteiger charge is 2.39. The molecule has 0 saturated carbocycles. The van der Waals surface area contributed by atoms with Crippen LogP contribution < -0.4 is 10.6 Å². The Bertz CT molecular complexity index is 663. The third-order valence-corrected chi connectivity index (χ3v) is 4.58. The SMILES string of the molecule is COC(=O)[C@@H]1CCCN1C(=O)C(NC(=O)Nc1ccc(Cl)cc1)C(C)C. The van der Waals surface area contributed by atoms with Gasteiger partial charge in [-0.1, -0.05) is 25.4 Å². The molecule has 1 fully saturated rings. The van der Waals surface area contributed by atoms with E-state index in [1.807, 2.05) is 13.8 Å². The van der Waals surface area contributed by atoms with Gasteiger partial charge in [0.2, 0.25) is 5.91 Å². The minimum Gasteiger partial charge on any atom is -0.467 e. The molecule has 0 radical (unpaired) electrons. The summed E-state index contributed by atoms with van der Waals surface area (Å²) in [6.45, 7) is 4.16. The summed E-state index contributed by atoms with van der Waals surface area (Å²) in [7, 11) is 1.31. The molecule has 1 aromatic rings. The normalized spacial score (nSPS) is 17.7. The molecule has 1 unspecified atom stereocenters. The van der Waals surface area contributed by atoms with Gasteiger partial charge in [0.15, 0.2) is 0 Å². The molecule has 0 bridgehead atoms. The number of amides is 3. The van der Waals surface area contributed by atoms with E-state index >= 15 is 0 Å². The molecule has 1 saturated heterocycles. The zero-order valence-corrected chi connectivity index (χ0v) is 15.9. The van der Waals surface area contributed by atoms with Gasteiger partial charge in [0, 0.05) is 17.3 Å². The highest BCUT2D eigenvalue weighted by Crippen LogP contribution is 2.21. The molecule has 8 heteroatoms. The quantitative estimate of drug-likeness (QED) is 0.767. The molecule has 2 N–H and O–H groups in total. The Morgan fingerprint density at radius 1 is 1.23 bits per heavy atom. The van der Waals surface area contributed by atoms with Crippen molar-refractivity contribution >= 4 is 35.2 Å². The molecule has 1 aromatic carbocycles. The predicted molar refractivity (Wildman–Crippen MR) is 99.0 cm³/mol. The Morgan fingerprint density at radius 2 is 1.88 bits per heavy atom. The number of carbonyl (C=O) groups excluding carboxylic acids is 3. The lowest BCUT2D eigenvalue weighted by atomic mass is 10.0. The predicted octanol–water partition coefficient (Wildman–Crippen LogP) is 2.65. The molecule has 1 aliphatic rings. The summed E-state index contributed by atoms with van der Waals surface area (Å²) in [5.41, 5.74) is 0.565. The molecule has 26 heavy (non-hydrogen) atoms. The van der Waals surface area contributed by atoms with E-state index in [1.165, 1.54) is 12.0 Å². The summed E-state index contributed by atoms with van der Waals surface area (Å²) in [4.78, 5) is 38.6. The molecule has 1 aliphatic heterocycles. The van der Waals surface area contributed by atoms with Gasteiger partial charge >= 0.3 is 12.0 Å². The van der Waals surface area contributed by atoms with Gasteiger partial charge in [-0.3, -0.25) is 4.79 Å². The van der Waals surface area contributed by atoms with Crippen LogP contribution in [0, 0.1) is 5.92 Å². The molecule has 142 valence electrons. The lowest BCUT2D eigenvalue weighted by molar-refractivity contribution is -0.151. The smallest absolute Gasteiger partial charge is 0.328 e. The molecular weight excluding hydrogens is 358 g/mol. The Labute approximate surface area is 158 Å². The lowest BCUT2D eigenvalue weighted by Gasteiger charge is -2.29. The van der Waals surface area contributed by atoms with Crippen LogP contribution in [0.3, 0.4) is 0 Å². The Balaban J connectivity index is 2.05. The maximum absolute atomic E-state index is 12.9. The molecule has 0 spiro atoms. The summed E-state index contributed by atoms with van der Waals surface area (Å²) in [6.07, 6.45) is 1.30. The van der Waals surface area contributed by atoms with Crippen LogP contribution in [-0.2, 0) is 14.3 Å². The van der Waals surface area contributed by atoms with Crippen molar-refractivity contribution in [2.75, 3.05) is 19.0 Å². The highest BCUT2D eigenvalue weighted by atomic mass is 35.5. The number of nitrogens with one attached hydrogen (secondary N) is 2. The number of ether oxygens (including phenoxy) is 1. The van der Waals surface area contributed by atoms with Crippen molar-refractivity contribution in [3.8, 4) is 0 Å². The van der Waals surface area contributed by atoms with Crippen LogP contribution in [0.4, 0.5) is 10.5 Å². The van der Waals surface area contributed by atoms with Crippen molar-refractivity contribution in [3.63, 3.8) is 0 Å². The molecule has 0 aliphatic carbocycles. The average Bonchev–Trinajstić information content (AvgIpc) is 3.10. The minimum atomic E-state index is -0.743. The largest absolute Gasteiger partial charge is 0.467 e. The van der Waals surface area contributed by atoms with Crippen LogP contribution >= 0.6 is 11.6 Å². The molecule has 2 rings (SSSR count). The van der Waals surface area contributed by atoms with Crippen LogP contribution in [0.1, 0.15) is 26.7 Å². The first kappa shape index (κ1) is 20.0. The second kappa shape index (κ2) is 8.89. The van der Waals surface area contributed by atoms with E-state index in [0.717, 1.165) is 6.42 Å². The van der Waals surface area contributed by atoms with E-state index in [9.17, 15) is 14.4 Å². The molecular formula is C18H24ClN3O4. The van der Waals surface area contributed by atoms with Crippen LogP contribution in [0.2, 0.25) is 5.02 Å². The summed E-state index contributed by atoms with van der Waals surface area (Å²) < 4.78 is 4.78. The maximum atomic E-state index is 12.9.